The summed E-state index contributed by atoms with van der Waals surface area (Å²) in [6.07, 6.45) is 3.60. The van der Waals surface area contributed by atoms with Crippen molar-refractivity contribution in [2.24, 2.45) is 9.50 Å². The van der Waals surface area contributed by atoms with E-state index in [4.69, 9.17) is 0 Å². The first-order valence-corrected chi connectivity index (χ1v) is 10.1. The van der Waals surface area contributed by atoms with Gasteiger partial charge in [-0.2, -0.15) is 17.9 Å². The second-order valence-electron chi connectivity index (χ2n) is 6.94. The number of sulfonamides is 1. The zero-order valence-electron chi connectivity index (χ0n) is 14.3. The molecule has 0 unspecified atom stereocenters. The molecule has 0 bridgehead atoms. The Morgan fingerprint density at radius 2 is 2.00 bits per heavy atom. The van der Waals surface area contributed by atoms with E-state index in [0.29, 0.717) is 11.3 Å². The van der Waals surface area contributed by atoms with Crippen molar-refractivity contribution >= 4 is 27.9 Å². The van der Waals surface area contributed by atoms with Crippen molar-refractivity contribution < 1.29 is 13.2 Å². The van der Waals surface area contributed by atoms with Crippen LogP contribution >= 0.6 is 0 Å². The lowest BCUT2D eigenvalue weighted by atomic mass is 10.0. The summed E-state index contributed by atoms with van der Waals surface area (Å²) in [6, 6.07) is 12.4. The van der Waals surface area contributed by atoms with Gasteiger partial charge in [0.05, 0.1) is 28.9 Å². The van der Waals surface area contributed by atoms with Crippen LogP contribution in [0.1, 0.15) is 39.9 Å². The van der Waals surface area contributed by atoms with Crippen LogP contribution in [0.2, 0.25) is 0 Å². The maximum Gasteiger partial charge on any atom is 0.283 e. The predicted molar refractivity (Wildman–Crippen MR) is 101 cm³/mol. The van der Waals surface area contributed by atoms with Gasteiger partial charge in [0, 0.05) is 11.1 Å². The Balaban J connectivity index is 1.31. The molecule has 27 heavy (non-hydrogen) atoms. The molecule has 0 atom stereocenters. The van der Waals surface area contributed by atoms with E-state index in [0.717, 1.165) is 29.5 Å². The summed E-state index contributed by atoms with van der Waals surface area (Å²) in [7, 11) is -3.60. The maximum absolute atomic E-state index is 12.0. The van der Waals surface area contributed by atoms with E-state index in [-0.39, 0.29) is 22.9 Å². The van der Waals surface area contributed by atoms with Gasteiger partial charge in [0.1, 0.15) is 0 Å². The summed E-state index contributed by atoms with van der Waals surface area (Å²) in [5.41, 5.74) is 6.40. The average Bonchev–Trinajstić information content (AvgIpc) is 3.31. The van der Waals surface area contributed by atoms with Gasteiger partial charge < -0.3 is 10.7 Å². The molecule has 2 aromatic rings. The lowest BCUT2D eigenvalue weighted by Crippen LogP contribution is -2.25. The monoisotopic (exact) mass is 380 g/mol. The van der Waals surface area contributed by atoms with E-state index in [1.165, 1.54) is 0 Å². The second-order valence-corrected chi connectivity index (χ2v) is 8.52. The number of amides is 1. The molecule has 1 saturated carbocycles. The number of hydrazone groups is 1. The number of carbonyl (C=O) groups excluding carboxylic acids is 1. The summed E-state index contributed by atoms with van der Waals surface area (Å²) in [5, 5.41) is 7.23. The van der Waals surface area contributed by atoms with Crippen LogP contribution in [0.4, 0.5) is 0 Å². The van der Waals surface area contributed by atoms with Crippen LogP contribution in [0.25, 0.3) is 0 Å². The number of hydrogen-bond donors (Lipinski definition) is 2. The highest BCUT2D eigenvalue weighted by molar-refractivity contribution is 7.90. The Morgan fingerprint density at radius 1 is 1.19 bits per heavy atom. The van der Waals surface area contributed by atoms with Gasteiger partial charge in [-0.15, -0.1) is 0 Å². The molecule has 2 aliphatic heterocycles. The number of fused-ring (bicyclic) bond motifs is 3. The fraction of sp³-hybridized carbons (Fsp3) is 0.211. The molecule has 2 N–H and O–H groups in total. The molecule has 1 amide bonds. The van der Waals surface area contributed by atoms with Gasteiger partial charge in [0.15, 0.2) is 0 Å². The predicted octanol–water partition coefficient (Wildman–Crippen LogP) is 1.53. The minimum Gasteiger partial charge on any atom is -0.342 e. The Labute approximate surface area is 156 Å². The first kappa shape index (κ1) is 16.2. The van der Waals surface area contributed by atoms with Crippen molar-refractivity contribution in [3.63, 3.8) is 0 Å². The van der Waals surface area contributed by atoms with Gasteiger partial charge in [0.2, 0.25) is 0 Å². The van der Waals surface area contributed by atoms with E-state index >= 15 is 0 Å². The number of nitrogens with zero attached hydrogens (tertiary/aromatic N) is 2. The Kier molecular flexibility index (Phi) is 3.30. The Bertz CT molecular complexity index is 1150. The highest BCUT2D eigenvalue weighted by Crippen LogP contribution is 2.50. The van der Waals surface area contributed by atoms with Crippen LogP contribution < -0.4 is 10.7 Å². The minimum atomic E-state index is -3.60. The van der Waals surface area contributed by atoms with Crippen LogP contribution in [-0.2, 0) is 15.6 Å². The fourth-order valence-corrected chi connectivity index (χ4v) is 4.91. The molecular weight excluding hydrogens is 364 g/mol. The van der Waals surface area contributed by atoms with E-state index in [2.05, 4.69) is 20.2 Å². The Morgan fingerprint density at radius 3 is 2.81 bits per heavy atom. The van der Waals surface area contributed by atoms with Crippen molar-refractivity contribution in [2.75, 3.05) is 6.54 Å². The molecule has 0 saturated heterocycles. The number of rotatable bonds is 4. The van der Waals surface area contributed by atoms with Gasteiger partial charge in [-0.1, -0.05) is 24.3 Å². The second kappa shape index (κ2) is 5.50. The molecule has 136 valence electrons. The topological polar surface area (TPSA) is 100.0 Å². The molecule has 7 nitrogen and oxygen atoms in total. The lowest BCUT2D eigenvalue weighted by Gasteiger charge is -2.08. The van der Waals surface area contributed by atoms with Crippen LogP contribution in [0.3, 0.4) is 0 Å². The molecule has 2 heterocycles. The number of nitrogens with one attached hydrogen (secondary N) is 2. The third-order valence-corrected chi connectivity index (χ3v) is 6.54. The molecule has 5 rings (SSSR count). The quantitative estimate of drug-likeness (QED) is 0.621. The SMILES string of the molecule is O=C1NC2(CC2)c2cc(/C=N/NCC3=NS(=O)(=O)c4ccccc43)ccc21. The largest absolute Gasteiger partial charge is 0.342 e. The van der Waals surface area contributed by atoms with Crippen LogP contribution in [0, 0.1) is 0 Å². The van der Waals surface area contributed by atoms with Crippen LogP contribution in [-0.4, -0.2) is 32.8 Å². The van der Waals surface area contributed by atoms with E-state index in [1.807, 2.05) is 18.2 Å². The molecule has 1 aliphatic carbocycles. The third kappa shape index (κ3) is 2.56. The van der Waals surface area contributed by atoms with Crippen LogP contribution in [0.15, 0.2) is 56.9 Å². The average molecular weight is 380 g/mol. The summed E-state index contributed by atoms with van der Waals surface area (Å²) < 4.78 is 27.9. The van der Waals surface area contributed by atoms with Crippen molar-refractivity contribution in [3.05, 3.63) is 64.7 Å². The highest BCUT2D eigenvalue weighted by Gasteiger charge is 2.51. The number of hydrogen-bond acceptors (Lipinski definition) is 5. The molecule has 2 aromatic carbocycles. The number of carbonyl (C=O) groups is 1. The molecule has 3 aliphatic rings. The molecule has 0 radical (unpaired) electrons. The summed E-state index contributed by atoms with van der Waals surface area (Å²) in [4.78, 5) is 12.2. The van der Waals surface area contributed by atoms with E-state index in [9.17, 15) is 13.2 Å². The molecule has 1 spiro atoms. The van der Waals surface area contributed by atoms with Gasteiger partial charge in [0.25, 0.3) is 15.9 Å². The molecule has 0 aromatic heterocycles. The van der Waals surface area contributed by atoms with Crippen molar-refractivity contribution in [1.29, 1.82) is 0 Å². The first-order valence-electron chi connectivity index (χ1n) is 8.65. The van der Waals surface area contributed by atoms with Gasteiger partial charge in [-0.3, -0.25) is 4.79 Å². The smallest absolute Gasteiger partial charge is 0.283 e. The van der Waals surface area contributed by atoms with Crippen molar-refractivity contribution in [1.82, 2.24) is 10.7 Å². The zero-order chi connectivity index (χ0) is 18.6. The summed E-state index contributed by atoms with van der Waals surface area (Å²) in [5.74, 6) is -0.0109. The number of benzene rings is 2. The third-order valence-electron chi connectivity index (χ3n) is 5.16. The normalized spacial score (nSPS) is 20.3. The fourth-order valence-electron chi connectivity index (χ4n) is 3.65. The summed E-state index contributed by atoms with van der Waals surface area (Å²) >= 11 is 0. The van der Waals surface area contributed by atoms with E-state index in [1.54, 1.807) is 30.5 Å². The van der Waals surface area contributed by atoms with Crippen molar-refractivity contribution in [2.45, 2.75) is 23.3 Å². The zero-order valence-corrected chi connectivity index (χ0v) is 15.1. The lowest BCUT2D eigenvalue weighted by molar-refractivity contribution is 0.0952. The highest BCUT2D eigenvalue weighted by atomic mass is 32.2. The van der Waals surface area contributed by atoms with Crippen LogP contribution in [0.5, 0.6) is 0 Å². The first-order chi connectivity index (χ1) is 13.0. The minimum absolute atomic E-state index is 0.0109. The molecular formula is C19H16N4O3S. The Hall–Kier alpha value is -3.00. The summed E-state index contributed by atoms with van der Waals surface area (Å²) in [6.45, 7) is 0.210. The van der Waals surface area contributed by atoms with Gasteiger partial charge in [-0.05, 0) is 42.2 Å². The van der Waals surface area contributed by atoms with Crippen molar-refractivity contribution in [3.8, 4) is 0 Å². The van der Waals surface area contributed by atoms with Gasteiger partial charge in [-0.25, -0.2) is 0 Å². The maximum atomic E-state index is 12.0. The van der Waals surface area contributed by atoms with E-state index < -0.39 is 10.0 Å². The molecule has 1 fully saturated rings. The standard InChI is InChI=1S/C19H16N4O3S/c24-18-13-6-5-12(9-15(13)19(22-18)7-8-19)10-20-21-11-16-14-3-1-2-4-17(14)27(25,26)23-16/h1-6,9-10,21H,7-8,11H2,(H,22,24)/b20-10+. The molecule has 8 heteroatoms. The van der Waals surface area contributed by atoms with Gasteiger partial charge >= 0.3 is 0 Å².